The van der Waals surface area contributed by atoms with Gasteiger partial charge >= 0.3 is 5.97 Å². The van der Waals surface area contributed by atoms with Gasteiger partial charge in [-0.25, -0.2) is 9.78 Å². The van der Waals surface area contributed by atoms with Crippen LogP contribution in [0.15, 0.2) is 23.4 Å². The molecule has 2 aromatic heterocycles. The molecule has 0 aliphatic carbocycles. The number of nitrogens with zero attached hydrogens (tertiary/aromatic N) is 4. The molecule has 0 unspecified atom stereocenters. The summed E-state index contributed by atoms with van der Waals surface area (Å²) in [6, 6.07) is 3.02. The second kappa shape index (κ2) is 5.18. The van der Waals surface area contributed by atoms with Crippen molar-refractivity contribution in [2.75, 3.05) is 0 Å². The van der Waals surface area contributed by atoms with Gasteiger partial charge in [-0.05, 0) is 19.1 Å². The molecule has 2 aromatic rings. The Morgan fingerprint density at radius 1 is 1.50 bits per heavy atom. The molecule has 0 aromatic carbocycles. The van der Waals surface area contributed by atoms with Crippen LogP contribution in [-0.4, -0.2) is 30.8 Å². The van der Waals surface area contributed by atoms with Crippen molar-refractivity contribution in [2.24, 2.45) is 7.05 Å². The highest BCUT2D eigenvalue weighted by molar-refractivity contribution is 7.98. The molecular weight excluding hydrogens is 252 g/mol. The monoisotopic (exact) mass is 264 g/mol. The average Bonchev–Trinajstić information content (AvgIpc) is 2.68. The molecule has 1 N–H and O–H groups in total. The van der Waals surface area contributed by atoms with Gasteiger partial charge in [0.2, 0.25) is 0 Å². The number of aromatic carboxylic acids is 1. The first-order valence-electron chi connectivity index (χ1n) is 5.25. The van der Waals surface area contributed by atoms with Gasteiger partial charge in [0, 0.05) is 13.2 Å². The second-order valence-electron chi connectivity index (χ2n) is 3.70. The van der Waals surface area contributed by atoms with Gasteiger partial charge in [0.05, 0.1) is 16.3 Å². The van der Waals surface area contributed by atoms with Crippen LogP contribution >= 0.6 is 11.8 Å². The van der Waals surface area contributed by atoms with Gasteiger partial charge in [0.1, 0.15) is 11.6 Å². The number of aryl methyl sites for hydroxylation is 1. The van der Waals surface area contributed by atoms with E-state index in [0.29, 0.717) is 10.8 Å². The summed E-state index contributed by atoms with van der Waals surface area (Å²) in [6.45, 7) is 1.88. The van der Waals surface area contributed by atoms with Gasteiger partial charge in [-0.2, -0.15) is 0 Å². The van der Waals surface area contributed by atoms with Crippen LogP contribution < -0.4 is 0 Å². The standard InChI is InChI=1S/C11H12N4O2S/c1-7-13-14-9(15(7)2)6-18-10-5-8(11(16)17)3-4-12-10/h3-5H,6H2,1-2H3,(H,16,17). The molecule has 0 amide bonds. The molecule has 0 saturated carbocycles. The molecule has 18 heavy (non-hydrogen) atoms. The van der Waals surface area contributed by atoms with E-state index in [1.165, 1.54) is 24.0 Å². The van der Waals surface area contributed by atoms with Crippen molar-refractivity contribution in [3.63, 3.8) is 0 Å². The third-order valence-electron chi connectivity index (χ3n) is 2.51. The lowest BCUT2D eigenvalue weighted by Gasteiger charge is -2.02. The van der Waals surface area contributed by atoms with Crippen molar-refractivity contribution in [3.8, 4) is 0 Å². The Bertz CT molecular complexity index is 582. The largest absolute Gasteiger partial charge is 0.478 e. The van der Waals surface area contributed by atoms with E-state index < -0.39 is 5.97 Å². The fourth-order valence-corrected chi connectivity index (χ4v) is 2.21. The highest BCUT2D eigenvalue weighted by Gasteiger charge is 2.08. The Morgan fingerprint density at radius 3 is 2.89 bits per heavy atom. The summed E-state index contributed by atoms with van der Waals surface area (Å²) in [5.74, 6) is 1.33. The molecule has 0 aliphatic heterocycles. The number of pyridine rings is 1. The summed E-state index contributed by atoms with van der Waals surface area (Å²) >= 11 is 1.43. The Balaban J connectivity index is 2.08. The van der Waals surface area contributed by atoms with E-state index in [4.69, 9.17) is 5.11 Å². The molecule has 0 aliphatic rings. The first-order chi connectivity index (χ1) is 8.58. The first-order valence-corrected chi connectivity index (χ1v) is 6.23. The lowest BCUT2D eigenvalue weighted by molar-refractivity contribution is 0.0696. The Kier molecular flexibility index (Phi) is 3.61. The molecule has 0 fully saturated rings. The topological polar surface area (TPSA) is 80.9 Å². The highest BCUT2D eigenvalue weighted by Crippen LogP contribution is 2.20. The fourth-order valence-electron chi connectivity index (χ4n) is 1.34. The van der Waals surface area contributed by atoms with E-state index in [2.05, 4.69) is 15.2 Å². The maximum Gasteiger partial charge on any atom is 0.335 e. The quantitative estimate of drug-likeness (QED) is 0.843. The molecule has 0 saturated heterocycles. The third kappa shape index (κ3) is 2.67. The van der Waals surface area contributed by atoms with Crippen LogP contribution in [0.25, 0.3) is 0 Å². The summed E-state index contributed by atoms with van der Waals surface area (Å²) in [7, 11) is 1.90. The number of carbonyl (C=O) groups is 1. The first kappa shape index (κ1) is 12.6. The summed E-state index contributed by atoms with van der Waals surface area (Å²) in [6.07, 6.45) is 1.49. The smallest absolute Gasteiger partial charge is 0.335 e. The van der Waals surface area contributed by atoms with Crippen LogP contribution in [0.4, 0.5) is 0 Å². The highest BCUT2D eigenvalue weighted by atomic mass is 32.2. The van der Waals surface area contributed by atoms with Gasteiger partial charge in [0.25, 0.3) is 0 Å². The molecule has 0 bridgehead atoms. The van der Waals surface area contributed by atoms with Crippen LogP contribution in [-0.2, 0) is 12.8 Å². The van der Waals surface area contributed by atoms with Crippen LogP contribution in [0.5, 0.6) is 0 Å². The maximum absolute atomic E-state index is 10.8. The number of hydrogen-bond acceptors (Lipinski definition) is 5. The van der Waals surface area contributed by atoms with Crippen LogP contribution in [0, 0.1) is 6.92 Å². The Labute approximate surface area is 108 Å². The van der Waals surface area contributed by atoms with Crippen molar-refractivity contribution < 1.29 is 9.90 Å². The predicted octanol–water partition coefficient (Wildman–Crippen LogP) is 1.51. The Hall–Kier alpha value is -1.89. The molecule has 0 atom stereocenters. The zero-order chi connectivity index (χ0) is 13.1. The SMILES string of the molecule is Cc1nnc(CSc2cc(C(=O)O)ccn2)n1C. The van der Waals surface area contributed by atoms with E-state index in [9.17, 15) is 4.79 Å². The minimum Gasteiger partial charge on any atom is -0.478 e. The summed E-state index contributed by atoms with van der Waals surface area (Å²) in [5, 5.41) is 17.5. The molecule has 0 spiro atoms. The van der Waals surface area contributed by atoms with E-state index in [-0.39, 0.29) is 5.56 Å². The maximum atomic E-state index is 10.8. The van der Waals surface area contributed by atoms with Gasteiger partial charge in [-0.3, -0.25) is 0 Å². The van der Waals surface area contributed by atoms with E-state index >= 15 is 0 Å². The molecular formula is C11H12N4O2S. The lowest BCUT2D eigenvalue weighted by Crippen LogP contribution is -1.99. The summed E-state index contributed by atoms with van der Waals surface area (Å²) < 4.78 is 1.90. The molecule has 7 heteroatoms. The van der Waals surface area contributed by atoms with Crippen molar-refractivity contribution in [1.82, 2.24) is 19.7 Å². The van der Waals surface area contributed by atoms with Crippen molar-refractivity contribution in [3.05, 3.63) is 35.5 Å². The predicted molar refractivity (Wildman–Crippen MR) is 66.5 cm³/mol. The number of thioether (sulfide) groups is 1. The number of carboxylic acid groups (broad SMARTS) is 1. The van der Waals surface area contributed by atoms with E-state index in [1.54, 1.807) is 6.07 Å². The number of hydrogen-bond donors (Lipinski definition) is 1. The minimum absolute atomic E-state index is 0.238. The molecule has 0 radical (unpaired) electrons. The van der Waals surface area contributed by atoms with Crippen LogP contribution in [0.3, 0.4) is 0 Å². The third-order valence-corrected chi connectivity index (χ3v) is 3.44. The fraction of sp³-hybridized carbons (Fsp3) is 0.273. The van der Waals surface area contributed by atoms with Gasteiger partial charge in [0.15, 0.2) is 0 Å². The summed E-state index contributed by atoms with van der Waals surface area (Å²) in [4.78, 5) is 14.9. The van der Waals surface area contributed by atoms with Crippen molar-refractivity contribution in [2.45, 2.75) is 17.7 Å². The lowest BCUT2D eigenvalue weighted by atomic mass is 10.3. The molecule has 2 rings (SSSR count). The number of carboxylic acids is 1. The minimum atomic E-state index is -0.950. The van der Waals surface area contributed by atoms with Crippen molar-refractivity contribution >= 4 is 17.7 Å². The summed E-state index contributed by atoms with van der Waals surface area (Å²) in [5.41, 5.74) is 0.238. The van der Waals surface area contributed by atoms with Crippen LogP contribution in [0.2, 0.25) is 0 Å². The molecule has 6 nitrogen and oxygen atoms in total. The molecule has 2 heterocycles. The number of rotatable bonds is 4. The van der Waals surface area contributed by atoms with Gasteiger partial charge < -0.3 is 9.67 Å². The molecule has 94 valence electrons. The van der Waals surface area contributed by atoms with Gasteiger partial charge in [-0.15, -0.1) is 10.2 Å². The zero-order valence-corrected chi connectivity index (χ0v) is 10.8. The van der Waals surface area contributed by atoms with E-state index in [0.717, 1.165) is 11.6 Å². The average molecular weight is 264 g/mol. The van der Waals surface area contributed by atoms with Crippen LogP contribution in [0.1, 0.15) is 22.0 Å². The zero-order valence-electron chi connectivity index (χ0n) is 9.99. The number of aromatic nitrogens is 4. The van der Waals surface area contributed by atoms with Gasteiger partial charge in [-0.1, -0.05) is 11.8 Å². The Morgan fingerprint density at radius 2 is 2.28 bits per heavy atom. The second-order valence-corrected chi connectivity index (χ2v) is 4.69. The normalized spacial score (nSPS) is 10.6. The van der Waals surface area contributed by atoms with E-state index in [1.807, 2.05) is 18.5 Å². The van der Waals surface area contributed by atoms with Crippen molar-refractivity contribution in [1.29, 1.82) is 0 Å².